The fourth-order valence-corrected chi connectivity index (χ4v) is 2.72. The average molecular weight is 294 g/mol. The van der Waals surface area contributed by atoms with Crippen molar-refractivity contribution >= 4 is 15.9 Å². The predicted molar refractivity (Wildman–Crippen MR) is 70.9 cm³/mol. The van der Waals surface area contributed by atoms with Gasteiger partial charge in [-0.15, -0.1) is 0 Å². The van der Waals surface area contributed by atoms with Gasteiger partial charge in [-0.3, -0.25) is 0 Å². The van der Waals surface area contributed by atoms with Gasteiger partial charge in [0.15, 0.2) is 0 Å². The van der Waals surface area contributed by atoms with Gasteiger partial charge in [-0.05, 0) is 43.4 Å². The molecule has 1 fully saturated rings. The van der Waals surface area contributed by atoms with Crippen molar-refractivity contribution < 1.29 is 4.74 Å². The maximum atomic E-state index is 9.07. The van der Waals surface area contributed by atoms with E-state index < -0.39 is 0 Å². The van der Waals surface area contributed by atoms with Crippen molar-refractivity contribution in [2.45, 2.75) is 38.7 Å². The van der Waals surface area contributed by atoms with Gasteiger partial charge in [0.2, 0.25) is 0 Å². The van der Waals surface area contributed by atoms with Crippen LogP contribution < -0.4 is 4.74 Å². The Labute approximate surface area is 111 Å². The molecule has 1 aromatic rings. The van der Waals surface area contributed by atoms with Crippen molar-refractivity contribution in [1.29, 1.82) is 5.26 Å². The van der Waals surface area contributed by atoms with Gasteiger partial charge in [-0.25, -0.2) is 0 Å². The van der Waals surface area contributed by atoms with E-state index in [0.717, 1.165) is 29.0 Å². The smallest absolute Gasteiger partial charge is 0.137 e. The number of nitrogens with zero attached hydrogens (tertiary/aromatic N) is 1. The van der Waals surface area contributed by atoms with Crippen molar-refractivity contribution in [3.8, 4) is 11.8 Å². The Bertz CT molecular complexity index is 438. The van der Waals surface area contributed by atoms with E-state index in [1.165, 1.54) is 12.8 Å². The number of nitriles is 1. The fourth-order valence-electron chi connectivity index (χ4n) is 2.36. The van der Waals surface area contributed by atoms with Gasteiger partial charge in [0, 0.05) is 4.47 Å². The number of halogens is 1. The molecule has 0 radical (unpaired) electrons. The number of rotatable bonds is 2. The summed E-state index contributed by atoms with van der Waals surface area (Å²) in [4.78, 5) is 0. The van der Waals surface area contributed by atoms with E-state index in [-0.39, 0.29) is 6.10 Å². The highest BCUT2D eigenvalue weighted by Gasteiger charge is 2.21. The van der Waals surface area contributed by atoms with Gasteiger partial charge >= 0.3 is 0 Å². The van der Waals surface area contributed by atoms with Crippen LogP contribution in [0.4, 0.5) is 0 Å². The van der Waals surface area contributed by atoms with Crippen LogP contribution in [0.5, 0.6) is 5.75 Å². The zero-order valence-corrected chi connectivity index (χ0v) is 11.5. The molecule has 0 spiro atoms. The SMILES string of the molecule is CC1CCCC(Oc2ccc(Br)cc2C#N)C1. The minimum Gasteiger partial charge on any atom is -0.489 e. The molecular weight excluding hydrogens is 278 g/mol. The lowest BCUT2D eigenvalue weighted by atomic mass is 9.88. The standard InChI is InChI=1S/C14H16BrNO/c1-10-3-2-4-13(7-10)17-14-6-5-12(15)8-11(14)9-16/h5-6,8,10,13H,2-4,7H2,1H3. The molecule has 2 nitrogen and oxygen atoms in total. The first-order valence-electron chi connectivity index (χ1n) is 6.05. The highest BCUT2D eigenvalue weighted by Crippen LogP contribution is 2.29. The highest BCUT2D eigenvalue weighted by atomic mass is 79.9. The third-order valence-corrected chi connectivity index (χ3v) is 3.74. The van der Waals surface area contributed by atoms with Crippen LogP contribution in [-0.2, 0) is 0 Å². The molecule has 2 rings (SSSR count). The largest absolute Gasteiger partial charge is 0.489 e. The van der Waals surface area contributed by atoms with Crippen molar-refractivity contribution in [3.05, 3.63) is 28.2 Å². The first-order valence-corrected chi connectivity index (χ1v) is 6.84. The number of hydrogen-bond acceptors (Lipinski definition) is 2. The zero-order chi connectivity index (χ0) is 12.3. The monoisotopic (exact) mass is 293 g/mol. The summed E-state index contributed by atoms with van der Waals surface area (Å²) in [6.45, 7) is 2.27. The van der Waals surface area contributed by atoms with E-state index >= 15 is 0 Å². The third-order valence-electron chi connectivity index (χ3n) is 3.24. The van der Waals surface area contributed by atoms with Crippen molar-refractivity contribution in [3.63, 3.8) is 0 Å². The average Bonchev–Trinajstić information content (AvgIpc) is 2.31. The van der Waals surface area contributed by atoms with Gasteiger partial charge in [-0.1, -0.05) is 29.3 Å². The van der Waals surface area contributed by atoms with Crippen LogP contribution in [0.1, 0.15) is 38.2 Å². The predicted octanol–water partition coefficient (Wildman–Crippen LogP) is 4.28. The molecule has 2 atom stereocenters. The molecule has 0 bridgehead atoms. The molecule has 1 aromatic carbocycles. The molecule has 90 valence electrons. The van der Waals surface area contributed by atoms with Crippen LogP contribution in [0.25, 0.3) is 0 Å². The molecule has 1 saturated carbocycles. The number of hydrogen-bond donors (Lipinski definition) is 0. The van der Waals surface area contributed by atoms with E-state index in [0.29, 0.717) is 5.56 Å². The molecule has 2 unspecified atom stereocenters. The molecule has 0 aliphatic heterocycles. The molecule has 1 aliphatic rings. The molecule has 0 N–H and O–H groups in total. The van der Waals surface area contributed by atoms with Gasteiger partial charge in [0.25, 0.3) is 0 Å². The number of ether oxygens (including phenoxy) is 1. The van der Waals surface area contributed by atoms with Crippen LogP contribution in [0, 0.1) is 17.2 Å². The van der Waals surface area contributed by atoms with E-state index in [1.54, 1.807) is 0 Å². The van der Waals surface area contributed by atoms with E-state index in [1.807, 2.05) is 18.2 Å². The molecule has 0 aromatic heterocycles. The second kappa shape index (κ2) is 5.55. The van der Waals surface area contributed by atoms with E-state index in [4.69, 9.17) is 10.00 Å². The summed E-state index contributed by atoms with van der Waals surface area (Å²) >= 11 is 3.37. The molecular formula is C14H16BrNO. The lowest BCUT2D eigenvalue weighted by Gasteiger charge is -2.27. The summed E-state index contributed by atoms with van der Waals surface area (Å²) in [7, 11) is 0. The maximum absolute atomic E-state index is 9.07. The second-order valence-electron chi connectivity index (χ2n) is 4.76. The maximum Gasteiger partial charge on any atom is 0.137 e. The summed E-state index contributed by atoms with van der Waals surface area (Å²) in [6.07, 6.45) is 4.99. The fraction of sp³-hybridized carbons (Fsp3) is 0.500. The summed E-state index contributed by atoms with van der Waals surface area (Å²) in [6, 6.07) is 7.79. The zero-order valence-electron chi connectivity index (χ0n) is 9.95. The Morgan fingerprint density at radius 2 is 2.24 bits per heavy atom. The van der Waals surface area contributed by atoms with E-state index in [9.17, 15) is 0 Å². The Morgan fingerprint density at radius 1 is 1.41 bits per heavy atom. The summed E-state index contributed by atoms with van der Waals surface area (Å²) in [5.74, 6) is 1.45. The lowest BCUT2D eigenvalue weighted by Crippen LogP contribution is -2.24. The quantitative estimate of drug-likeness (QED) is 0.815. The highest BCUT2D eigenvalue weighted by molar-refractivity contribution is 9.10. The topological polar surface area (TPSA) is 33.0 Å². The molecule has 3 heteroatoms. The van der Waals surface area contributed by atoms with Crippen LogP contribution in [-0.4, -0.2) is 6.10 Å². The Hall–Kier alpha value is -1.01. The van der Waals surface area contributed by atoms with Crippen LogP contribution in [0.15, 0.2) is 22.7 Å². The lowest BCUT2D eigenvalue weighted by molar-refractivity contribution is 0.129. The second-order valence-corrected chi connectivity index (χ2v) is 5.68. The van der Waals surface area contributed by atoms with Crippen molar-refractivity contribution in [2.75, 3.05) is 0 Å². The van der Waals surface area contributed by atoms with E-state index in [2.05, 4.69) is 28.9 Å². The van der Waals surface area contributed by atoms with Crippen molar-refractivity contribution in [1.82, 2.24) is 0 Å². The first-order chi connectivity index (χ1) is 8.19. The van der Waals surface area contributed by atoms with Gasteiger partial charge in [0.05, 0.1) is 11.7 Å². The van der Waals surface area contributed by atoms with Crippen LogP contribution >= 0.6 is 15.9 Å². The molecule has 0 amide bonds. The van der Waals surface area contributed by atoms with Gasteiger partial charge in [-0.2, -0.15) is 5.26 Å². The van der Waals surface area contributed by atoms with Crippen molar-refractivity contribution in [2.24, 2.45) is 5.92 Å². The normalized spacial score (nSPS) is 24.1. The third kappa shape index (κ3) is 3.23. The first kappa shape index (κ1) is 12.4. The summed E-state index contributed by atoms with van der Waals surface area (Å²) in [5.41, 5.74) is 0.609. The van der Waals surface area contributed by atoms with Gasteiger partial charge < -0.3 is 4.74 Å². The molecule has 17 heavy (non-hydrogen) atoms. The van der Waals surface area contributed by atoms with Crippen LogP contribution in [0.3, 0.4) is 0 Å². The minimum atomic E-state index is 0.270. The Balaban J connectivity index is 2.10. The molecule has 0 heterocycles. The molecule has 1 aliphatic carbocycles. The van der Waals surface area contributed by atoms with Gasteiger partial charge in [0.1, 0.15) is 11.8 Å². The Kier molecular flexibility index (Phi) is 4.06. The summed E-state index contributed by atoms with van der Waals surface area (Å²) < 4.78 is 6.87. The number of benzene rings is 1. The van der Waals surface area contributed by atoms with Crippen LogP contribution in [0.2, 0.25) is 0 Å². The minimum absolute atomic E-state index is 0.270. The summed E-state index contributed by atoms with van der Waals surface area (Å²) in [5, 5.41) is 9.07. The Morgan fingerprint density at radius 3 is 2.94 bits per heavy atom. The molecule has 0 saturated heterocycles.